The number of anilines is 1. The fourth-order valence-electron chi connectivity index (χ4n) is 3.34. The van der Waals surface area contributed by atoms with Gasteiger partial charge in [-0.15, -0.1) is 0 Å². The molecule has 1 aliphatic heterocycles. The fourth-order valence-corrected chi connectivity index (χ4v) is 5.00. The molecule has 1 fully saturated rings. The summed E-state index contributed by atoms with van der Waals surface area (Å²) >= 11 is 0. The molecule has 0 bridgehead atoms. The lowest BCUT2D eigenvalue weighted by Gasteiger charge is -2.36. The number of para-hydroxylation sites is 1. The van der Waals surface area contributed by atoms with E-state index in [1.165, 1.54) is 16.4 Å². The summed E-state index contributed by atoms with van der Waals surface area (Å²) in [4.78, 5) is 12.1. The summed E-state index contributed by atoms with van der Waals surface area (Å²) in [6.07, 6.45) is 0. The van der Waals surface area contributed by atoms with E-state index in [1.54, 1.807) is 25.1 Å². The molecule has 29 heavy (non-hydrogen) atoms. The molecule has 0 aromatic heterocycles. The molecule has 0 N–H and O–H groups in total. The van der Waals surface area contributed by atoms with Crippen LogP contribution in [0.25, 0.3) is 0 Å². The molecule has 0 spiro atoms. The first-order valence-corrected chi connectivity index (χ1v) is 10.2. The summed E-state index contributed by atoms with van der Waals surface area (Å²) in [6.45, 7) is 2.45. The Bertz CT molecular complexity index is 1120. The van der Waals surface area contributed by atoms with Gasteiger partial charge in [0, 0.05) is 38.3 Å². The van der Waals surface area contributed by atoms with Crippen LogP contribution < -0.4 is 4.90 Å². The minimum Gasteiger partial charge on any atom is -0.367 e. The molecular formula is C19H17N5O4S. The number of hydrogen-bond donors (Lipinski definition) is 0. The van der Waals surface area contributed by atoms with Gasteiger partial charge in [0.2, 0.25) is 10.0 Å². The largest absolute Gasteiger partial charge is 0.367 e. The minimum absolute atomic E-state index is 0.0877. The van der Waals surface area contributed by atoms with Crippen LogP contribution in [0.1, 0.15) is 16.7 Å². The van der Waals surface area contributed by atoms with Crippen LogP contribution in [0.4, 0.5) is 11.4 Å². The van der Waals surface area contributed by atoms with Crippen LogP contribution in [0.2, 0.25) is 0 Å². The summed E-state index contributed by atoms with van der Waals surface area (Å²) in [5.74, 6) is 0. The van der Waals surface area contributed by atoms with Gasteiger partial charge >= 0.3 is 0 Å². The van der Waals surface area contributed by atoms with Gasteiger partial charge in [0.25, 0.3) is 5.69 Å². The first kappa shape index (κ1) is 20.3. The summed E-state index contributed by atoms with van der Waals surface area (Å²) in [5.41, 5.74) is 1.36. The molecule has 1 aliphatic rings. The quantitative estimate of drug-likeness (QED) is 0.556. The normalized spacial score (nSPS) is 14.8. The molecule has 1 saturated heterocycles. The number of piperazine rings is 1. The van der Waals surface area contributed by atoms with Crippen molar-refractivity contribution < 1.29 is 13.3 Å². The van der Waals surface area contributed by atoms with Crippen LogP contribution >= 0.6 is 0 Å². The third-order valence-corrected chi connectivity index (χ3v) is 6.87. The van der Waals surface area contributed by atoms with E-state index in [9.17, 15) is 29.1 Å². The first-order chi connectivity index (χ1) is 13.8. The van der Waals surface area contributed by atoms with E-state index >= 15 is 0 Å². The van der Waals surface area contributed by atoms with Crippen molar-refractivity contribution in [3.63, 3.8) is 0 Å². The molecular weight excluding hydrogens is 394 g/mol. The predicted molar refractivity (Wildman–Crippen MR) is 105 cm³/mol. The SMILES string of the molecule is Cc1ccc([N+](=O)[O-])cc1S(=O)(=O)N1CCN(c2c(C#N)cccc2C#N)CC1. The predicted octanol–water partition coefficient (Wildman–Crippen LogP) is 2.16. The van der Waals surface area contributed by atoms with E-state index in [2.05, 4.69) is 12.1 Å². The minimum atomic E-state index is -3.91. The number of nitriles is 2. The van der Waals surface area contributed by atoms with Crippen LogP contribution in [0.15, 0.2) is 41.3 Å². The van der Waals surface area contributed by atoms with Gasteiger partial charge in [-0.25, -0.2) is 8.42 Å². The molecule has 9 nitrogen and oxygen atoms in total. The number of hydrogen-bond acceptors (Lipinski definition) is 7. The Balaban J connectivity index is 1.87. The fraction of sp³-hybridized carbons (Fsp3) is 0.263. The molecule has 10 heteroatoms. The molecule has 0 unspecified atom stereocenters. The van der Waals surface area contributed by atoms with Gasteiger partial charge in [0.1, 0.15) is 12.1 Å². The lowest BCUT2D eigenvalue weighted by Crippen LogP contribution is -2.49. The summed E-state index contributed by atoms with van der Waals surface area (Å²) in [6, 6.07) is 12.8. The van der Waals surface area contributed by atoms with E-state index in [0.29, 0.717) is 35.5 Å². The topological polar surface area (TPSA) is 131 Å². The third kappa shape index (κ3) is 3.76. The molecule has 0 aliphatic carbocycles. The second-order valence-corrected chi connectivity index (χ2v) is 8.43. The van der Waals surface area contributed by atoms with Crippen molar-refractivity contribution in [3.8, 4) is 12.1 Å². The molecule has 0 saturated carbocycles. The maximum absolute atomic E-state index is 13.1. The Labute approximate surface area is 168 Å². The monoisotopic (exact) mass is 411 g/mol. The van der Waals surface area contributed by atoms with Crippen LogP contribution in [-0.2, 0) is 10.0 Å². The van der Waals surface area contributed by atoms with Crippen molar-refractivity contribution in [2.24, 2.45) is 0 Å². The smallest absolute Gasteiger partial charge is 0.270 e. The van der Waals surface area contributed by atoms with E-state index < -0.39 is 14.9 Å². The number of benzene rings is 2. The van der Waals surface area contributed by atoms with Crippen molar-refractivity contribution in [1.82, 2.24) is 4.31 Å². The number of sulfonamides is 1. The van der Waals surface area contributed by atoms with Crippen LogP contribution in [0.3, 0.4) is 0 Å². The average Bonchev–Trinajstić information content (AvgIpc) is 2.73. The summed E-state index contributed by atoms with van der Waals surface area (Å²) < 4.78 is 27.4. The van der Waals surface area contributed by atoms with Crippen LogP contribution in [0, 0.1) is 39.7 Å². The van der Waals surface area contributed by atoms with Crippen molar-refractivity contribution in [3.05, 3.63) is 63.2 Å². The molecule has 2 aromatic rings. The number of rotatable bonds is 4. The van der Waals surface area contributed by atoms with Crippen LogP contribution in [0.5, 0.6) is 0 Å². The number of nitro benzene ring substituents is 1. The third-order valence-electron chi connectivity index (χ3n) is 4.83. The zero-order valence-corrected chi connectivity index (χ0v) is 16.4. The molecule has 3 rings (SSSR count). The molecule has 148 valence electrons. The Kier molecular flexibility index (Phi) is 5.50. The number of non-ortho nitro benzene ring substituents is 1. The van der Waals surface area contributed by atoms with Gasteiger partial charge in [-0.3, -0.25) is 10.1 Å². The van der Waals surface area contributed by atoms with E-state index in [4.69, 9.17) is 0 Å². The Morgan fingerprint density at radius 2 is 1.62 bits per heavy atom. The zero-order valence-electron chi connectivity index (χ0n) is 15.6. The van der Waals surface area contributed by atoms with Crippen molar-refractivity contribution in [1.29, 1.82) is 10.5 Å². The highest BCUT2D eigenvalue weighted by molar-refractivity contribution is 7.89. The highest BCUT2D eigenvalue weighted by Crippen LogP contribution is 2.29. The molecule has 0 radical (unpaired) electrons. The standard InChI is InChI=1S/C19H17N5O4S/c1-14-5-6-17(24(25)26)11-18(14)29(27,28)23-9-7-22(8-10-23)19-15(12-20)3-2-4-16(19)13-21/h2-6,11H,7-10H2,1H3. The van der Waals surface area contributed by atoms with Gasteiger partial charge in [-0.2, -0.15) is 14.8 Å². The van der Waals surface area contributed by atoms with Crippen molar-refractivity contribution in [2.75, 3.05) is 31.1 Å². The van der Waals surface area contributed by atoms with E-state index in [0.717, 1.165) is 6.07 Å². The zero-order chi connectivity index (χ0) is 21.2. The van der Waals surface area contributed by atoms with Crippen LogP contribution in [-0.4, -0.2) is 43.8 Å². The summed E-state index contributed by atoms with van der Waals surface area (Å²) in [7, 11) is -3.91. The lowest BCUT2D eigenvalue weighted by atomic mass is 10.1. The number of aryl methyl sites for hydroxylation is 1. The highest BCUT2D eigenvalue weighted by atomic mass is 32.2. The second kappa shape index (κ2) is 7.87. The van der Waals surface area contributed by atoms with Gasteiger partial charge < -0.3 is 4.90 Å². The maximum Gasteiger partial charge on any atom is 0.270 e. The van der Waals surface area contributed by atoms with Gasteiger partial charge in [0.15, 0.2) is 0 Å². The number of nitrogens with zero attached hydrogens (tertiary/aromatic N) is 5. The average molecular weight is 411 g/mol. The molecule has 0 amide bonds. The van der Waals surface area contributed by atoms with Gasteiger partial charge in [-0.05, 0) is 24.6 Å². The van der Waals surface area contributed by atoms with Crippen molar-refractivity contribution >= 4 is 21.4 Å². The van der Waals surface area contributed by atoms with Crippen molar-refractivity contribution in [2.45, 2.75) is 11.8 Å². The highest BCUT2D eigenvalue weighted by Gasteiger charge is 2.32. The summed E-state index contributed by atoms with van der Waals surface area (Å²) in [5, 5.41) is 29.7. The van der Waals surface area contributed by atoms with E-state index in [1.807, 2.05) is 4.90 Å². The van der Waals surface area contributed by atoms with Gasteiger partial charge in [0.05, 0.1) is 26.6 Å². The lowest BCUT2D eigenvalue weighted by molar-refractivity contribution is -0.385. The van der Waals surface area contributed by atoms with E-state index in [-0.39, 0.29) is 23.7 Å². The second-order valence-electron chi connectivity index (χ2n) is 6.52. The molecule has 1 heterocycles. The Morgan fingerprint density at radius 3 is 2.14 bits per heavy atom. The molecule has 0 atom stereocenters. The maximum atomic E-state index is 13.1. The van der Waals surface area contributed by atoms with Gasteiger partial charge in [-0.1, -0.05) is 12.1 Å². The first-order valence-electron chi connectivity index (χ1n) is 8.73. The molecule has 2 aromatic carbocycles. The number of nitro groups is 1. The Morgan fingerprint density at radius 1 is 1.03 bits per heavy atom. The Hall–Kier alpha value is -3.47.